The van der Waals surface area contributed by atoms with Gasteiger partial charge in [-0.15, -0.1) is 0 Å². The summed E-state index contributed by atoms with van der Waals surface area (Å²) < 4.78 is 18.8. The second-order valence-electron chi connectivity index (χ2n) is 7.55. The van der Waals surface area contributed by atoms with E-state index in [4.69, 9.17) is 19.3 Å². The summed E-state index contributed by atoms with van der Waals surface area (Å²) >= 11 is 0. The van der Waals surface area contributed by atoms with Crippen LogP contribution in [0.1, 0.15) is 48.1 Å². The molecule has 0 N–H and O–H groups in total. The van der Waals surface area contributed by atoms with Crippen molar-refractivity contribution in [1.82, 2.24) is 14.7 Å². The molecule has 7 heteroatoms. The van der Waals surface area contributed by atoms with Crippen molar-refractivity contribution in [2.45, 2.75) is 51.0 Å². The first-order chi connectivity index (χ1) is 12.5. The van der Waals surface area contributed by atoms with Crippen LogP contribution in [0.25, 0.3) is 0 Å². The van der Waals surface area contributed by atoms with Gasteiger partial charge < -0.3 is 19.1 Å². The Bertz CT molecular complexity index is 721. The Labute approximate surface area is 153 Å². The number of ether oxygens (including phenoxy) is 3. The molecular formula is C19H27N3O4. The van der Waals surface area contributed by atoms with E-state index in [1.54, 1.807) is 11.8 Å². The number of rotatable bonds is 4. The Morgan fingerprint density at radius 3 is 2.88 bits per heavy atom. The average Bonchev–Trinajstić information content (AvgIpc) is 2.96. The molecule has 0 aromatic carbocycles. The van der Waals surface area contributed by atoms with Gasteiger partial charge in [-0.2, -0.15) is 5.10 Å². The highest BCUT2D eigenvalue weighted by Crippen LogP contribution is 2.36. The zero-order valence-corrected chi connectivity index (χ0v) is 15.7. The van der Waals surface area contributed by atoms with E-state index in [2.05, 4.69) is 6.08 Å². The van der Waals surface area contributed by atoms with Crippen molar-refractivity contribution in [3.05, 3.63) is 29.1 Å². The average molecular weight is 361 g/mol. The van der Waals surface area contributed by atoms with Crippen LogP contribution < -0.4 is 0 Å². The second kappa shape index (κ2) is 6.79. The van der Waals surface area contributed by atoms with Crippen LogP contribution in [-0.2, 0) is 27.2 Å². The molecule has 1 aromatic rings. The van der Waals surface area contributed by atoms with Gasteiger partial charge in [-0.25, -0.2) is 0 Å². The Kier molecular flexibility index (Phi) is 4.62. The van der Waals surface area contributed by atoms with E-state index >= 15 is 0 Å². The van der Waals surface area contributed by atoms with Gasteiger partial charge in [0.25, 0.3) is 5.91 Å². The van der Waals surface area contributed by atoms with Gasteiger partial charge in [0.15, 0.2) is 0 Å². The van der Waals surface area contributed by atoms with E-state index in [-0.39, 0.29) is 23.7 Å². The van der Waals surface area contributed by atoms with E-state index in [0.717, 1.165) is 17.7 Å². The van der Waals surface area contributed by atoms with Gasteiger partial charge in [-0.1, -0.05) is 12.2 Å². The molecule has 0 saturated carbocycles. The molecule has 3 aliphatic rings. The lowest BCUT2D eigenvalue weighted by molar-refractivity contribution is -0.124. The fraction of sp³-hybridized carbons (Fsp3) is 0.684. The van der Waals surface area contributed by atoms with Gasteiger partial charge in [0.05, 0.1) is 50.7 Å². The molecule has 1 amide bonds. The number of fused-ring (bicyclic) bond motifs is 1. The summed E-state index contributed by atoms with van der Waals surface area (Å²) in [7, 11) is 1.66. The summed E-state index contributed by atoms with van der Waals surface area (Å²) in [5.41, 5.74) is 2.42. The number of likely N-dealkylation sites (tertiary alicyclic amines) is 1. The molecule has 1 fully saturated rings. The summed E-state index contributed by atoms with van der Waals surface area (Å²) in [5, 5.41) is 4.69. The molecule has 142 valence electrons. The molecule has 4 heterocycles. The van der Waals surface area contributed by atoms with Crippen LogP contribution in [0, 0.1) is 0 Å². The van der Waals surface area contributed by atoms with Crippen molar-refractivity contribution in [3.8, 4) is 0 Å². The number of hydrogen-bond donors (Lipinski definition) is 0. The minimum Gasteiger partial charge on any atom is -0.383 e. The maximum atomic E-state index is 13.3. The number of aromatic nitrogens is 2. The lowest BCUT2D eigenvalue weighted by Crippen LogP contribution is -2.65. The molecule has 2 atom stereocenters. The molecule has 0 bridgehead atoms. The molecular weight excluding hydrogens is 334 g/mol. The zero-order valence-electron chi connectivity index (χ0n) is 15.7. The highest BCUT2D eigenvalue weighted by atomic mass is 16.5. The normalized spacial score (nSPS) is 26.7. The number of nitrogens with zero attached hydrogens (tertiary/aromatic N) is 3. The van der Waals surface area contributed by atoms with Gasteiger partial charge in [-0.3, -0.25) is 9.48 Å². The van der Waals surface area contributed by atoms with E-state index < -0.39 is 0 Å². The van der Waals surface area contributed by atoms with Crippen LogP contribution in [0.3, 0.4) is 0 Å². The monoisotopic (exact) mass is 361 g/mol. The third-order valence-electron chi connectivity index (χ3n) is 5.49. The van der Waals surface area contributed by atoms with Crippen molar-refractivity contribution < 1.29 is 19.0 Å². The standard InChI is InChI=1S/C19H27N3O4/c1-13-10-15-16(14(2)26-13)20-22(7-9-24-3)17(15)18(23)21-11-19(12-21)6-4-5-8-25-19/h4-5,13-14H,6-12H2,1-3H3/t13-,14+/m0/s1. The van der Waals surface area contributed by atoms with Gasteiger partial charge >= 0.3 is 0 Å². The first kappa shape index (κ1) is 17.7. The lowest BCUT2D eigenvalue weighted by atomic mass is 9.88. The van der Waals surface area contributed by atoms with E-state index in [1.165, 1.54) is 0 Å². The highest BCUT2D eigenvalue weighted by molar-refractivity contribution is 5.95. The Morgan fingerprint density at radius 2 is 2.19 bits per heavy atom. The quantitative estimate of drug-likeness (QED) is 0.764. The zero-order chi connectivity index (χ0) is 18.3. The number of hydrogen-bond acceptors (Lipinski definition) is 5. The Morgan fingerprint density at radius 1 is 1.38 bits per heavy atom. The minimum atomic E-state index is -0.189. The number of methoxy groups -OCH3 is 1. The summed E-state index contributed by atoms with van der Waals surface area (Å²) in [4.78, 5) is 15.2. The third-order valence-corrected chi connectivity index (χ3v) is 5.49. The first-order valence-electron chi connectivity index (χ1n) is 9.35. The Balaban J connectivity index is 1.60. The summed E-state index contributed by atoms with van der Waals surface area (Å²) in [6, 6.07) is 0. The van der Waals surface area contributed by atoms with Crippen molar-refractivity contribution in [3.63, 3.8) is 0 Å². The third kappa shape index (κ3) is 2.98. The van der Waals surface area contributed by atoms with E-state index in [9.17, 15) is 4.79 Å². The van der Waals surface area contributed by atoms with Gasteiger partial charge in [0.1, 0.15) is 11.3 Å². The predicted molar refractivity (Wildman–Crippen MR) is 95.1 cm³/mol. The Hall–Kier alpha value is -1.70. The molecule has 0 radical (unpaired) electrons. The maximum Gasteiger partial charge on any atom is 0.272 e. The molecule has 7 nitrogen and oxygen atoms in total. The fourth-order valence-corrected chi connectivity index (χ4v) is 4.19. The summed E-state index contributed by atoms with van der Waals surface area (Å²) in [6.45, 7) is 7.03. The molecule has 3 aliphatic heterocycles. The van der Waals surface area contributed by atoms with Crippen LogP contribution in [-0.4, -0.2) is 65.7 Å². The summed E-state index contributed by atoms with van der Waals surface area (Å²) in [5.74, 6) is 0.0416. The van der Waals surface area contributed by atoms with Crippen LogP contribution in [0.5, 0.6) is 0 Å². The SMILES string of the molecule is COCCn1nc2c(c1C(=O)N1CC3(CC=CCO3)C1)C[C@H](C)O[C@@H]2C. The largest absolute Gasteiger partial charge is 0.383 e. The molecule has 1 aromatic heterocycles. The highest BCUT2D eigenvalue weighted by Gasteiger charge is 2.47. The van der Waals surface area contributed by atoms with Crippen LogP contribution in [0.2, 0.25) is 0 Å². The van der Waals surface area contributed by atoms with E-state index in [1.807, 2.05) is 24.8 Å². The predicted octanol–water partition coefficient (Wildman–Crippen LogP) is 1.72. The lowest BCUT2D eigenvalue weighted by Gasteiger charge is -2.50. The number of carbonyl (C=O) groups is 1. The smallest absolute Gasteiger partial charge is 0.272 e. The molecule has 1 spiro atoms. The first-order valence-corrected chi connectivity index (χ1v) is 9.35. The van der Waals surface area contributed by atoms with Crippen LogP contribution in [0.4, 0.5) is 0 Å². The van der Waals surface area contributed by atoms with Gasteiger partial charge in [0.2, 0.25) is 0 Å². The molecule has 0 unspecified atom stereocenters. The van der Waals surface area contributed by atoms with Crippen molar-refractivity contribution >= 4 is 5.91 Å². The van der Waals surface area contributed by atoms with E-state index in [0.29, 0.717) is 45.0 Å². The fourth-order valence-electron chi connectivity index (χ4n) is 4.19. The molecule has 26 heavy (non-hydrogen) atoms. The van der Waals surface area contributed by atoms with Crippen molar-refractivity contribution in [1.29, 1.82) is 0 Å². The maximum absolute atomic E-state index is 13.3. The molecule has 0 aliphatic carbocycles. The molecule has 1 saturated heterocycles. The molecule has 4 rings (SSSR count). The van der Waals surface area contributed by atoms with Gasteiger partial charge in [0, 0.05) is 19.1 Å². The number of amides is 1. The van der Waals surface area contributed by atoms with Crippen LogP contribution >= 0.6 is 0 Å². The second-order valence-corrected chi connectivity index (χ2v) is 7.55. The van der Waals surface area contributed by atoms with Gasteiger partial charge in [-0.05, 0) is 20.3 Å². The number of carbonyl (C=O) groups excluding carboxylic acids is 1. The topological polar surface area (TPSA) is 65.8 Å². The van der Waals surface area contributed by atoms with Crippen molar-refractivity contribution in [2.24, 2.45) is 0 Å². The minimum absolute atomic E-state index is 0.0416. The van der Waals surface area contributed by atoms with Crippen LogP contribution in [0.15, 0.2) is 12.2 Å². The summed E-state index contributed by atoms with van der Waals surface area (Å²) in [6.07, 6.45) is 5.76. The van der Waals surface area contributed by atoms with Crippen molar-refractivity contribution in [2.75, 3.05) is 33.4 Å².